The molecule has 0 aliphatic heterocycles. The molecule has 5 nitrogen and oxygen atoms in total. The van der Waals surface area contributed by atoms with Crippen molar-refractivity contribution in [3.8, 4) is 0 Å². The van der Waals surface area contributed by atoms with Gasteiger partial charge < -0.3 is 15.5 Å². The molecule has 1 rings (SSSR count). The number of hydrogen-bond donors (Lipinski definition) is 2. The van der Waals surface area contributed by atoms with E-state index in [1.165, 1.54) is 11.1 Å². The van der Waals surface area contributed by atoms with Gasteiger partial charge >= 0.3 is 0 Å². The number of hydrogen-bond acceptors (Lipinski definition) is 2. The molecule has 0 heterocycles. The summed E-state index contributed by atoms with van der Waals surface area (Å²) in [6.07, 6.45) is 1.000. The van der Waals surface area contributed by atoms with Gasteiger partial charge in [0, 0.05) is 25.1 Å². The number of carbonyl (C=O) groups is 1. The quantitative estimate of drug-likeness (QED) is 0.361. The van der Waals surface area contributed by atoms with Crippen molar-refractivity contribution >= 4 is 51.8 Å². The van der Waals surface area contributed by atoms with Gasteiger partial charge in [-0.1, -0.05) is 28.9 Å². The molecule has 1 aromatic rings. The maximum Gasteiger partial charge on any atom is 0.241 e. The van der Waals surface area contributed by atoms with E-state index in [9.17, 15) is 4.79 Å². The number of guanidine groups is 1. The number of aryl methyl sites for hydroxylation is 1. The van der Waals surface area contributed by atoms with E-state index in [1.807, 2.05) is 6.07 Å². The van der Waals surface area contributed by atoms with Gasteiger partial charge in [-0.05, 0) is 36.6 Å². The second kappa shape index (κ2) is 11.7. The van der Waals surface area contributed by atoms with Crippen molar-refractivity contribution in [2.45, 2.75) is 26.8 Å². The fourth-order valence-corrected chi connectivity index (χ4v) is 2.21. The lowest BCUT2D eigenvalue weighted by Crippen LogP contribution is -2.43. The highest BCUT2D eigenvalue weighted by molar-refractivity contribution is 14.0. The Morgan fingerprint density at radius 2 is 2.00 bits per heavy atom. The van der Waals surface area contributed by atoms with Gasteiger partial charge in [0.1, 0.15) is 0 Å². The molecule has 0 aliphatic rings. The number of rotatable bonds is 6. The van der Waals surface area contributed by atoms with Crippen LogP contribution in [0.25, 0.3) is 0 Å². The number of benzene rings is 1. The standard InChI is InChI=1S/C16H25BrN4O.HI/c1-5-8-18-16(20-11-15(22)21(3)4)19-10-13-6-7-14(17)9-12(13)2;/h6-7,9H,5,8,10-11H2,1-4H3,(H2,18,19,20);1H. The Hall–Kier alpha value is -0.830. The molecule has 0 bridgehead atoms. The van der Waals surface area contributed by atoms with Crippen LogP contribution in [0.5, 0.6) is 0 Å². The van der Waals surface area contributed by atoms with Crippen molar-refractivity contribution in [2.24, 2.45) is 4.99 Å². The Balaban J connectivity index is 0.00000484. The Morgan fingerprint density at radius 3 is 2.57 bits per heavy atom. The summed E-state index contributed by atoms with van der Waals surface area (Å²) in [5.41, 5.74) is 2.36. The first-order valence-electron chi connectivity index (χ1n) is 7.41. The molecule has 130 valence electrons. The molecule has 1 aromatic carbocycles. The van der Waals surface area contributed by atoms with Crippen LogP contribution in [-0.4, -0.2) is 44.0 Å². The van der Waals surface area contributed by atoms with E-state index in [4.69, 9.17) is 0 Å². The van der Waals surface area contributed by atoms with Gasteiger partial charge in [-0.15, -0.1) is 24.0 Å². The molecule has 1 amide bonds. The minimum Gasteiger partial charge on any atom is -0.356 e. The zero-order valence-corrected chi connectivity index (χ0v) is 18.1. The molecule has 0 saturated heterocycles. The first-order valence-corrected chi connectivity index (χ1v) is 8.20. The molecule has 0 fully saturated rings. The Morgan fingerprint density at radius 1 is 1.30 bits per heavy atom. The second-order valence-electron chi connectivity index (χ2n) is 5.30. The summed E-state index contributed by atoms with van der Waals surface area (Å²) in [6.45, 7) is 5.80. The Bertz CT molecular complexity index is 535. The smallest absolute Gasteiger partial charge is 0.241 e. The average Bonchev–Trinajstić information content (AvgIpc) is 2.47. The third kappa shape index (κ3) is 8.55. The number of amides is 1. The van der Waals surface area contributed by atoms with Crippen molar-refractivity contribution in [3.63, 3.8) is 0 Å². The fraction of sp³-hybridized carbons (Fsp3) is 0.500. The number of nitrogens with one attached hydrogen (secondary N) is 2. The molecule has 0 unspecified atom stereocenters. The van der Waals surface area contributed by atoms with E-state index >= 15 is 0 Å². The van der Waals surface area contributed by atoms with Crippen LogP contribution in [0.4, 0.5) is 0 Å². The van der Waals surface area contributed by atoms with E-state index in [-0.39, 0.29) is 36.4 Å². The topological polar surface area (TPSA) is 56.7 Å². The van der Waals surface area contributed by atoms with E-state index in [1.54, 1.807) is 19.0 Å². The number of nitrogens with zero attached hydrogens (tertiary/aromatic N) is 2. The number of carbonyl (C=O) groups excluding carboxylic acids is 1. The van der Waals surface area contributed by atoms with Crippen LogP contribution in [0.3, 0.4) is 0 Å². The van der Waals surface area contributed by atoms with Gasteiger partial charge in [0.2, 0.25) is 5.91 Å². The lowest BCUT2D eigenvalue weighted by atomic mass is 10.1. The SMILES string of the molecule is CCCNC(=NCc1ccc(Br)cc1C)NCC(=O)N(C)C.I. The number of halogens is 2. The van der Waals surface area contributed by atoms with Crippen LogP contribution in [0, 0.1) is 6.92 Å². The summed E-state index contributed by atoms with van der Waals surface area (Å²) in [6, 6.07) is 6.15. The second-order valence-corrected chi connectivity index (χ2v) is 6.22. The van der Waals surface area contributed by atoms with Crippen LogP contribution in [0.1, 0.15) is 24.5 Å². The third-order valence-electron chi connectivity index (χ3n) is 3.16. The highest BCUT2D eigenvalue weighted by atomic mass is 127. The maximum absolute atomic E-state index is 11.7. The maximum atomic E-state index is 11.7. The molecule has 0 aromatic heterocycles. The fourth-order valence-electron chi connectivity index (χ4n) is 1.74. The van der Waals surface area contributed by atoms with E-state index in [0.29, 0.717) is 12.5 Å². The Kier molecular flexibility index (Phi) is 11.2. The average molecular weight is 497 g/mol. The largest absolute Gasteiger partial charge is 0.356 e. The van der Waals surface area contributed by atoms with Crippen molar-refractivity contribution in [2.75, 3.05) is 27.2 Å². The molecule has 0 spiro atoms. The normalized spacial score (nSPS) is 10.7. The minimum absolute atomic E-state index is 0. The third-order valence-corrected chi connectivity index (χ3v) is 3.65. The van der Waals surface area contributed by atoms with Crippen LogP contribution in [-0.2, 0) is 11.3 Å². The van der Waals surface area contributed by atoms with Crippen LogP contribution in [0.15, 0.2) is 27.7 Å². The summed E-state index contributed by atoms with van der Waals surface area (Å²) in [5, 5.41) is 6.30. The number of likely N-dealkylation sites (N-methyl/N-ethyl adjacent to an activating group) is 1. The predicted molar refractivity (Wildman–Crippen MR) is 110 cm³/mol. The van der Waals surface area contributed by atoms with Gasteiger partial charge in [-0.2, -0.15) is 0 Å². The first kappa shape index (κ1) is 22.2. The summed E-state index contributed by atoms with van der Waals surface area (Å²) in [4.78, 5) is 17.8. The monoisotopic (exact) mass is 496 g/mol. The summed E-state index contributed by atoms with van der Waals surface area (Å²) < 4.78 is 1.07. The Labute approximate surface area is 164 Å². The van der Waals surface area contributed by atoms with E-state index in [0.717, 1.165) is 17.4 Å². The van der Waals surface area contributed by atoms with Crippen LogP contribution in [0.2, 0.25) is 0 Å². The first-order chi connectivity index (χ1) is 10.4. The highest BCUT2D eigenvalue weighted by Crippen LogP contribution is 2.16. The van der Waals surface area contributed by atoms with Crippen LogP contribution >= 0.6 is 39.9 Å². The number of aliphatic imine (C=N–C) groups is 1. The molecule has 2 N–H and O–H groups in total. The molecule has 0 aliphatic carbocycles. The molecular weight excluding hydrogens is 471 g/mol. The van der Waals surface area contributed by atoms with E-state index in [2.05, 4.69) is 57.5 Å². The van der Waals surface area contributed by atoms with Gasteiger partial charge in [0.15, 0.2) is 5.96 Å². The molecular formula is C16H26BrIN4O. The zero-order valence-electron chi connectivity index (χ0n) is 14.1. The molecule has 0 radical (unpaired) electrons. The predicted octanol–water partition coefficient (Wildman–Crippen LogP) is 2.91. The van der Waals surface area contributed by atoms with Gasteiger partial charge in [-0.3, -0.25) is 4.79 Å². The highest BCUT2D eigenvalue weighted by Gasteiger charge is 2.06. The lowest BCUT2D eigenvalue weighted by Gasteiger charge is -2.15. The van der Waals surface area contributed by atoms with E-state index < -0.39 is 0 Å². The summed E-state index contributed by atoms with van der Waals surface area (Å²) >= 11 is 3.46. The summed E-state index contributed by atoms with van der Waals surface area (Å²) in [7, 11) is 3.48. The van der Waals surface area contributed by atoms with Crippen molar-refractivity contribution in [1.82, 2.24) is 15.5 Å². The molecule has 7 heteroatoms. The minimum atomic E-state index is 0. The molecule has 0 atom stereocenters. The van der Waals surface area contributed by atoms with Gasteiger partial charge in [-0.25, -0.2) is 4.99 Å². The summed E-state index contributed by atoms with van der Waals surface area (Å²) in [5.74, 6) is 0.685. The molecule has 0 saturated carbocycles. The van der Waals surface area contributed by atoms with Crippen molar-refractivity contribution in [1.29, 1.82) is 0 Å². The van der Waals surface area contributed by atoms with Crippen LogP contribution < -0.4 is 10.6 Å². The van der Waals surface area contributed by atoms with Crippen molar-refractivity contribution in [3.05, 3.63) is 33.8 Å². The van der Waals surface area contributed by atoms with Gasteiger partial charge in [0.05, 0.1) is 13.1 Å². The lowest BCUT2D eigenvalue weighted by molar-refractivity contribution is -0.127. The van der Waals surface area contributed by atoms with Crippen molar-refractivity contribution < 1.29 is 4.79 Å². The van der Waals surface area contributed by atoms with Gasteiger partial charge in [0.25, 0.3) is 0 Å². The zero-order chi connectivity index (χ0) is 16.5. The molecule has 23 heavy (non-hydrogen) atoms.